The molecule has 3 saturated heterocycles. The number of ether oxygens (including phenoxy) is 1. The molecule has 6 heteroatoms. The third-order valence-corrected chi connectivity index (χ3v) is 6.42. The molecule has 0 aliphatic carbocycles. The second kappa shape index (κ2) is 7.50. The van der Waals surface area contributed by atoms with E-state index in [0.29, 0.717) is 12.0 Å². The van der Waals surface area contributed by atoms with Gasteiger partial charge < -0.3 is 19.6 Å². The lowest BCUT2D eigenvalue weighted by molar-refractivity contribution is -0.141. The minimum absolute atomic E-state index is 0.0212. The van der Waals surface area contributed by atoms with E-state index in [2.05, 4.69) is 0 Å². The van der Waals surface area contributed by atoms with Crippen molar-refractivity contribution < 1.29 is 19.4 Å². The summed E-state index contributed by atoms with van der Waals surface area (Å²) in [4.78, 5) is 29.0. The Morgan fingerprint density at radius 1 is 1.19 bits per heavy atom. The topological polar surface area (TPSA) is 70.1 Å². The quantitative estimate of drug-likeness (QED) is 0.885. The lowest BCUT2D eigenvalue weighted by Crippen LogP contribution is -2.53. The molecule has 4 rings (SSSR count). The number of aromatic hydroxyl groups is 1. The number of carbonyl (C=O) groups excluding carboxylic acids is 2. The normalized spacial score (nSPS) is 25.2. The van der Waals surface area contributed by atoms with Gasteiger partial charge in [-0.2, -0.15) is 0 Å². The number of phenols is 1. The predicted molar refractivity (Wildman–Crippen MR) is 100 cm³/mol. The van der Waals surface area contributed by atoms with Gasteiger partial charge in [0.2, 0.25) is 5.91 Å². The average Bonchev–Trinajstić information content (AvgIpc) is 3.19. The molecule has 1 atom stereocenters. The second-order valence-electron chi connectivity index (χ2n) is 8.25. The molecule has 0 radical (unpaired) electrons. The lowest BCUT2D eigenvalue weighted by Gasteiger charge is -2.47. The van der Waals surface area contributed by atoms with Crippen molar-refractivity contribution in [3.8, 4) is 5.75 Å². The maximum Gasteiger partial charge on any atom is 0.253 e. The number of carbonyl (C=O) groups is 2. The van der Waals surface area contributed by atoms with Gasteiger partial charge in [-0.05, 0) is 61.8 Å². The molecule has 1 aromatic carbocycles. The summed E-state index contributed by atoms with van der Waals surface area (Å²) in [6.45, 7) is 3.78. The number of piperidine rings is 2. The molecule has 0 bridgehead atoms. The first-order chi connectivity index (χ1) is 13.0. The number of benzene rings is 1. The van der Waals surface area contributed by atoms with E-state index in [-0.39, 0.29) is 29.1 Å². The zero-order valence-electron chi connectivity index (χ0n) is 15.7. The summed E-state index contributed by atoms with van der Waals surface area (Å²) in [5, 5.41) is 9.40. The first-order valence-corrected chi connectivity index (χ1v) is 10.0. The zero-order chi connectivity index (χ0) is 18.9. The van der Waals surface area contributed by atoms with E-state index in [0.717, 1.165) is 64.9 Å². The van der Waals surface area contributed by atoms with E-state index in [9.17, 15) is 14.7 Å². The fourth-order valence-electron chi connectivity index (χ4n) is 4.68. The summed E-state index contributed by atoms with van der Waals surface area (Å²) in [5.41, 5.74) is 0.751. The largest absolute Gasteiger partial charge is 0.508 e. The number of nitrogens with zero attached hydrogens (tertiary/aromatic N) is 2. The summed E-state index contributed by atoms with van der Waals surface area (Å²) in [5.74, 6) is 0.439. The molecule has 0 saturated carbocycles. The van der Waals surface area contributed by atoms with Crippen molar-refractivity contribution in [3.63, 3.8) is 0 Å². The van der Waals surface area contributed by atoms with Crippen molar-refractivity contribution in [2.45, 2.75) is 44.6 Å². The van der Waals surface area contributed by atoms with Crippen LogP contribution in [0.2, 0.25) is 0 Å². The SMILES string of the molecule is O=C1CCC2(CCN(C(=O)c3ccc(O)cc3)CC2)CN1C[C@@H]1CCCO1. The smallest absolute Gasteiger partial charge is 0.253 e. The molecule has 2 amide bonds. The van der Waals surface area contributed by atoms with E-state index in [1.54, 1.807) is 24.3 Å². The van der Waals surface area contributed by atoms with Crippen LogP contribution in [0.15, 0.2) is 24.3 Å². The maximum absolute atomic E-state index is 12.7. The highest BCUT2D eigenvalue weighted by Gasteiger charge is 2.42. The van der Waals surface area contributed by atoms with Crippen LogP contribution in [0.25, 0.3) is 0 Å². The Morgan fingerprint density at radius 3 is 2.59 bits per heavy atom. The molecule has 1 aromatic rings. The molecule has 3 aliphatic rings. The van der Waals surface area contributed by atoms with Gasteiger partial charge >= 0.3 is 0 Å². The van der Waals surface area contributed by atoms with E-state index < -0.39 is 0 Å². The van der Waals surface area contributed by atoms with Gasteiger partial charge in [0.25, 0.3) is 5.91 Å². The number of hydrogen-bond acceptors (Lipinski definition) is 4. The molecular weight excluding hydrogens is 344 g/mol. The van der Waals surface area contributed by atoms with Crippen molar-refractivity contribution in [1.82, 2.24) is 9.80 Å². The summed E-state index contributed by atoms with van der Waals surface area (Å²) >= 11 is 0. The Balaban J connectivity index is 1.36. The van der Waals surface area contributed by atoms with E-state index in [1.807, 2.05) is 9.80 Å². The fourth-order valence-corrected chi connectivity index (χ4v) is 4.68. The van der Waals surface area contributed by atoms with Crippen LogP contribution in [0.4, 0.5) is 0 Å². The van der Waals surface area contributed by atoms with Crippen LogP contribution in [-0.4, -0.2) is 65.6 Å². The van der Waals surface area contributed by atoms with Gasteiger partial charge in [-0.3, -0.25) is 9.59 Å². The summed E-state index contributed by atoms with van der Waals surface area (Å²) in [7, 11) is 0. The first kappa shape index (κ1) is 18.3. The van der Waals surface area contributed by atoms with Gasteiger partial charge in [-0.15, -0.1) is 0 Å². The molecule has 3 fully saturated rings. The van der Waals surface area contributed by atoms with Gasteiger partial charge in [0.05, 0.1) is 6.10 Å². The van der Waals surface area contributed by atoms with Crippen molar-refractivity contribution in [3.05, 3.63) is 29.8 Å². The monoisotopic (exact) mass is 372 g/mol. The number of phenolic OH excluding ortho intramolecular Hbond substituents is 1. The molecule has 3 aliphatic heterocycles. The summed E-state index contributed by atoms with van der Waals surface area (Å²) in [6, 6.07) is 6.44. The molecule has 3 heterocycles. The summed E-state index contributed by atoms with van der Waals surface area (Å²) in [6.07, 6.45) is 5.74. The van der Waals surface area contributed by atoms with Gasteiger partial charge in [-0.25, -0.2) is 0 Å². The molecule has 0 aromatic heterocycles. The minimum atomic E-state index is 0.0212. The third-order valence-electron chi connectivity index (χ3n) is 6.42. The zero-order valence-corrected chi connectivity index (χ0v) is 15.7. The third kappa shape index (κ3) is 3.95. The molecule has 1 N–H and O–H groups in total. The van der Waals surface area contributed by atoms with Crippen LogP contribution in [0.3, 0.4) is 0 Å². The van der Waals surface area contributed by atoms with Gasteiger partial charge in [0.1, 0.15) is 5.75 Å². The summed E-state index contributed by atoms with van der Waals surface area (Å²) < 4.78 is 5.72. The number of likely N-dealkylation sites (tertiary alicyclic amines) is 2. The standard InChI is InChI=1S/C21H28N2O4/c24-17-5-3-16(4-6-17)20(26)22-11-9-21(10-12-22)8-7-19(25)23(15-21)14-18-2-1-13-27-18/h3-6,18,24H,1-2,7-15H2/t18-/m0/s1. The average molecular weight is 372 g/mol. The highest BCUT2D eigenvalue weighted by molar-refractivity contribution is 5.94. The van der Waals surface area contributed by atoms with E-state index in [1.165, 1.54) is 0 Å². The highest BCUT2D eigenvalue weighted by atomic mass is 16.5. The minimum Gasteiger partial charge on any atom is -0.508 e. The Labute approximate surface area is 160 Å². The first-order valence-electron chi connectivity index (χ1n) is 10.0. The predicted octanol–water partition coefficient (Wildman–Crippen LogP) is 2.42. The van der Waals surface area contributed by atoms with Crippen molar-refractivity contribution >= 4 is 11.8 Å². The van der Waals surface area contributed by atoms with Crippen molar-refractivity contribution in [2.75, 3.05) is 32.8 Å². The Hall–Kier alpha value is -2.08. The fraction of sp³-hybridized carbons (Fsp3) is 0.619. The van der Waals surface area contributed by atoms with Crippen LogP contribution in [0.1, 0.15) is 48.9 Å². The van der Waals surface area contributed by atoms with Gasteiger partial charge in [0, 0.05) is 44.8 Å². The Bertz CT molecular complexity index is 689. The lowest BCUT2D eigenvalue weighted by atomic mass is 9.72. The molecule has 6 nitrogen and oxygen atoms in total. The highest BCUT2D eigenvalue weighted by Crippen LogP contribution is 2.40. The maximum atomic E-state index is 12.7. The number of hydrogen-bond donors (Lipinski definition) is 1. The molecule has 0 unspecified atom stereocenters. The van der Waals surface area contributed by atoms with Gasteiger partial charge in [0.15, 0.2) is 0 Å². The van der Waals surface area contributed by atoms with E-state index in [4.69, 9.17) is 4.74 Å². The molecule has 1 spiro atoms. The van der Waals surface area contributed by atoms with Crippen LogP contribution >= 0.6 is 0 Å². The second-order valence-corrected chi connectivity index (χ2v) is 8.25. The Kier molecular flexibility index (Phi) is 5.08. The Morgan fingerprint density at radius 2 is 1.93 bits per heavy atom. The molecular formula is C21H28N2O4. The molecule has 146 valence electrons. The van der Waals surface area contributed by atoms with Crippen molar-refractivity contribution in [1.29, 1.82) is 0 Å². The van der Waals surface area contributed by atoms with Crippen molar-refractivity contribution in [2.24, 2.45) is 5.41 Å². The van der Waals surface area contributed by atoms with Crippen LogP contribution in [-0.2, 0) is 9.53 Å². The van der Waals surface area contributed by atoms with E-state index >= 15 is 0 Å². The van der Waals surface area contributed by atoms with Crippen LogP contribution in [0.5, 0.6) is 5.75 Å². The number of rotatable bonds is 3. The van der Waals surface area contributed by atoms with Gasteiger partial charge in [-0.1, -0.05) is 0 Å². The molecule has 27 heavy (non-hydrogen) atoms. The number of amides is 2. The van der Waals surface area contributed by atoms with Crippen LogP contribution < -0.4 is 0 Å². The van der Waals surface area contributed by atoms with Crippen LogP contribution in [0, 0.1) is 5.41 Å².